The van der Waals surface area contributed by atoms with Crippen molar-refractivity contribution in [1.29, 1.82) is 0 Å². The third-order valence-corrected chi connectivity index (χ3v) is 4.32. The van der Waals surface area contributed by atoms with Gasteiger partial charge < -0.3 is 5.11 Å². The highest BCUT2D eigenvalue weighted by molar-refractivity contribution is 5.54. The van der Waals surface area contributed by atoms with E-state index in [1.165, 1.54) is 12.1 Å². The van der Waals surface area contributed by atoms with E-state index >= 15 is 0 Å². The van der Waals surface area contributed by atoms with Gasteiger partial charge >= 0.3 is 6.18 Å². The fourth-order valence-corrected chi connectivity index (χ4v) is 3.54. The molecule has 0 aromatic heterocycles. The van der Waals surface area contributed by atoms with Crippen LogP contribution >= 0.6 is 0 Å². The second-order valence-electron chi connectivity index (χ2n) is 5.63. The summed E-state index contributed by atoms with van der Waals surface area (Å²) in [5.74, 6) is -1.40. The number of fused-ring (bicyclic) bond motifs is 3. The van der Waals surface area contributed by atoms with E-state index in [4.69, 9.17) is 0 Å². The molecule has 106 valence electrons. The SMILES string of the molecule is Cc1cc(C)c2c(c1)C(O)(C(F)(F)F)C1C=CC=C[C@H]21. The van der Waals surface area contributed by atoms with E-state index in [9.17, 15) is 18.3 Å². The smallest absolute Gasteiger partial charge is 0.376 e. The average molecular weight is 280 g/mol. The molecule has 1 nitrogen and oxygen atoms in total. The van der Waals surface area contributed by atoms with Crippen molar-refractivity contribution in [2.24, 2.45) is 5.92 Å². The van der Waals surface area contributed by atoms with E-state index in [1.807, 2.05) is 6.07 Å². The van der Waals surface area contributed by atoms with Crippen LogP contribution in [0.25, 0.3) is 0 Å². The molecule has 0 saturated heterocycles. The fourth-order valence-electron chi connectivity index (χ4n) is 3.54. The van der Waals surface area contributed by atoms with E-state index in [0.29, 0.717) is 5.56 Å². The van der Waals surface area contributed by atoms with Gasteiger partial charge in [0.25, 0.3) is 0 Å². The van der Waals surface area contributed by atoms with Gasteiger partial charge in [0.1, 0.15) is 0 Å². The van der Waals surface area contributed by atoms with Crippen molar-refractivity contribution in [2.75, 3.05) is 0 Å². The number of alkyl halides is 3. The first-order chi connectivity index (χ1) is 9.26. The number of aryl methyl sites for hydroxylation is 2. The molecule has 0 radical (unpaired) electrons. The van der Waals surface area contributed by atoms with Crippen LogP contribution in [-0.4, -0.2) is 11.3 Å². The summed E-state index contributed by atoms with van der Waals surface area (Å²) in [6.45, 7) is 3.55. The Balaban J connectivity index is 2.34. The quantitative estimate of drug-likeness (QED) is 0.764. The minimum Gasteiger partial charge on any atom is -0.376 e. The van der Waals surface area contributed by atoms with Gasteiger partial charge in [-0.15, -0.1) is 0 Å². The average Bonchev–Trinajstić information content (AvgIpc) is 2.61. The predicted octanol–water partition coefficient (Wildman–Crippen LogP) is 3.89. The van der Waals surface area contributed by atoms with Crippen molar-refractivity contribution in [3.05, 3.63) is 58.7 Å². The van der Waals surface area contributed by atoms with Gasteiger partial charge in [-0.05, 0) is 30.5 Å². The molecule has 1 N–H and O–H groups in total. The zero-order chi connectivity index (χ0) is 14.7. The molecule has 1 aromatic carbocycles. The Bertz CT molecular complexity index is 627. The number of aliphatic hydroxyl groups is 1. The Morgan fingerprint density at radius 2 is 1.75 bits per heavy atom. The van der Waals surface area contributed by atoms with Crippen LogP contribution in [0.3, 0.4) is 0 Å². The molecule has 0 saturated carbocycles. The highest BCUT2D eigenvalue weighted by atomic mass is 19.4. The number of halogens is 3. The Hall–Kier alpha value is -1.55. The van der Waals surface area contributed by atoms with Crippen LogP contribution in [0, 0.1) is 19.8 Å². The minimum atomic E-state index is -4.70. The molecule has 0 spiro atoms. The molecule has 0 fully saturated rings. The molecule has 2 unspecified atom stereocenters. The third kappa shape index (κ3) is 1.54. The molecule has 3 rings (SSSR count). The predicted molar refractivity (Wildman–Crippen MR) is 70.4 cm³/mol. The molecule has 0 aliphatic heterocycles. The Morgan fingerprint density at radius 3 is 2.40 bits per heavy atom. The zero-order valence-corrected chi connectivity index (χ0v) is 11.2. The summed E-state index contributed by atoms with van der Waals surface area (Å²) < 4.78 is 40.6. The summed E-state index contributed by atoms with van der Waals surface area (Å²) in [6.07, 6.45) is 1.83. The van der Waals surface area contributed by atoms with Crippen molar-refractivity contribution < 1.29 is 18.3 Å². The maximum Gasteiger partial charge on any atom is 0.422 e. The molecular formula is C16H15F3O. The first-order valence-corrected chi connectivity index (χ1v) is 6.52. The lowest BCUT2D eigenvalue weighted by atomic mass is 9.80. The van der Waals surface area contributed by atoms with Crippen LogP contribution in [0.2, 0.25) is 0 Å². The molecule has 0 bridgehead atoms. The largest absolute Gasteiger partial charge is 0.422 e. The standard InChI is InChI=1S/C16H15F3O/c1-9-7-10(2)14-11-5-3-4-6-12(11)15(20,13(14)8-9)16(17,18)19/h3-8,11-12,20H,1-2H3/t11-,12?,15?/m0/s1. The lowest BCUT2D eigenvalue weighted by Gasteiger charge is -2.33. The number of hydrogen-bond acceptors (Lipinski definition) is 1. The normalized spacial score (nSPS) is 31.3. The van der Waals surface area contributed by atoms with E-state index in [1.54, 1.807) is 32.1 Å². The Morgan fingerprint density at radius 1 is 1.10 bits per heavy atom. The second kappa shape index (κ2) is 3.98. The maximum absolute atomic E-state index is 13.5. The molecule has 2 aliphatic rings. The van der Waals surface area contributed by atoms with Gasteiger partial charge in [0.2, 0.25) is 0 Å². The molecule has 3 atom stereocenters. The summed E-state index contributed by atoms with van der Waals surface area (Å²) in [6, 6.07) is 3.33. The topological polar surface area (TPSA) is 20.2 Å². The molecule has 2 aliphatic carbocycles. The monoisotopic (exact) mass is 280 g/mol. The van der Waals surface area contributed by atoms with Crippen LogP contribution in [0.1, 0.15) is 28.2 Å². The fraction of sp³-hybridized carbons (Fsp3) is 0.375. The summed E-state index contributed by atoms with van der Waals surface area (Å²) in [5.41, 5.74) is -0.647. The summed E-state index contributed by atoms with van der Waals surface area (Å²) in [7, 11) is 0. The van der Waals surface area contributed by atoms with Gasteiger partial charge in [-0.1, -0.05) is 42.0 Å². The summed E-state index contributed by atoms with van der Waals surface area (Å²) >= 11 is 0. The third-order valence-electron chi connectivity index (χ3n) is 4.32. The van der Waals surface area contributed by atoms with Crippen LogP contribution in [0.4, 0.5) is 13.2 Å². The first kappa shape index (κ1) is 13.4. The lowest BCUT2D eigenvalue weighted by Crippen LogP contribution is -2.46. The van der Waals surface area contributed by atoms with Crippen LogP contribution in [0.15, 0.2) is 36.4 Å². The molecule has 20 heavy (non-hydrogen) atoms. The molecule has 0 amide bonds. The van der Waals surface area contributed by atoms with E-state index < -0.39 is 23.6 Å². The van der Waals surface area contributed by atoms with Crippen molar-refractivity contribution in [3.63, 3.8) is 0 Å². The molecular weight excluding hydrogens is 265 g/mol. The minimum absolute atomic E-state index is 0.00806. The number of hydrogen-bond donors (Lipinski definition) is 1. The van der Waals surface area contributed by atoms with Gasteiger partial charge in [-0.2, -0.15) is 13.2 Å². The van der Waals surface area contributed by atoms with Gasteiger partial charge in [0.15, 0.2) is 5.60 Å². The van der Waals surface area contributed by atoms with Crippen LogP contribution in [0.5, 0.6) is 0 Å². The van der Waals surface area contributed by atoms with Crippen molar-refractivity contribution in [1.82, 2.24) is 0 Å². The van der Waals surface area contributed by atoms with Crippen LogP contribution in [-0.2, 0) is 5.60 Å². The van der Waals surface area contributed by atoms with Gasteiger partial charge in [0.05, 0.1) is 0 Å². The Kier molecular flexibility index (Phi) is 2.67. The first-order valence-electron chi connectivity index (χ1n) is 6.52. The van der Waals surface area contributed by atoms with E-state index in [0.717, 1.165) is 11.1 Å². The van der Waals surface area contributed by atoms with E-state index in [2.05, 4.69) is 0 Å². The molecule has 1 aromatic rings. The van der Waals surface area contributed by atoms with E-state index in [-0.39, 0.29) is 5.56 Å². The van der Waals surface area contributed by atoms with Gasteiger partial charge in [-0.25, -0.2) is 0 Å². The van der Waals surface area contributed by atoms with Crippen LogP contribution < -0.4 is 0 Å². The number of allylic oxidation sites excluding steroid dienone is 3. The molecule has 4 heteroatoms. The highest BCUT2D eigenvalue weighted by Crippen LogP contribution is 2.59. The van der Waals surface area contributed by atoms with Crippen molar-refractivity contribution >= 4 is 0 Å². The van der Waals surface area contributed by atoms with Gasteiger partial charge in [0, 0.05) is 11.8 Å². The summed E-state index contributed by atoms with van der Waals surface area (Å²) in [4.78, 5) is 0. The van der Waals surface area contributed by atoms with Crippen molar-refractivity contribution in [3.8, 4) is 0 Å². The number of benzene rings is 1. The molecule has 0 heterocycles. The lowest BCUT2D eigenvalue weighted by molar-refractivity contribution is -0.278. The number of rotatable bonds is 0. The van der Waals surface area contributed by atoms with Crippen molar-refractivity contribution in [2.45, 2.75) is 31.5 Å². The highest BCUT2D eigenvalue weighted by Gasteiger charge is 2.65. The van der Waals surface area contributed by atoms with Gasteiger partial charge in [-0.3, -0.25) is 0 Å². The maximum atomic E-state index is 13.5. The Labute approximate surface area is 115 Å². The second-order valence-corrected chi connectivity index (χ2v) is 5.63. The summed E-state index contributed by atoms with van der Waals surface area (Å²) in [5, 5.41) is 10.5. The zero-order valence-electron chi connectivity index (χ0n) is 11.2.